The first-order chi connectivity index (χ1) is 13.6. The molecule has 3 aromatic rings. The number of fused-ring (bicyclic) bond motifs is 1. The van der Waals surface area contributed by atoms with Crippen molar-refractivity contribution in [2.45, 2.75) is 13.3 Å². The number of benzene rings is 2. The Morgan fingerprint density at radius 2 is 1.93 bits per heavy atom. The second-order valence-corrected chi connectivity index (χ2v) is 7.24. The maximum atomic E-state index is 12.3. The number of nitrogens with one attached hydrogen (secondary N) is 3. The number of carbonyl (C=O) groups excluding carboxylic acids is 2. The molecule has 8 heteroatoms. The third-order valence-electron chi connectivity index (χ3n) is 4.01. The Kier molecular flexibility index (Phi) is 6.57. The summed E-state index contributed by atoms with van der Waals surface area (Å²) in [6.45, 7) is 3.06. The zero-order valence-electron chi connectivity index (χ0n) is 15.7. The minimum absolute atomic E-state index is 0.203. The number of methoxy groups -OCH3 is 1. The first-order valence-corrected chi connectivity index (χ1v) is 9.70. The highest BCUT2D eigenvalue weighted by Gasteiger charge is 2.12. The molecule has 0 aliphatic carbocycles. The lowest BCUT2D eigenvalue weighted by Gasteiger charge is -2.08. The van der Waals surface area contributed by atoms with E-state index in [0.717, 1.165) is 22.2 Å². The third-order valence-corrected chi connectivity index (χ3v) is 4.93. The molecule has 0 unspecified atom stereocenters. The van der Waals surface area contributed by atoms with Crippen LogP contribution in [0.3, 0.4) is 0 Å². The van der Waals surface area contributed by atoms with Crippen molar-refractivity contribution in [2.24, 2.45) is 0 Å². The van der Waals surface area contributed by atoms with E-state index in [4.69, 9.17) is 4.74 Å². The van der Waals surface area contributed by atoms with Crippen LogP contribution >= 0.6 is 11.3 Å². The minimum Gasteiger partial charge on any atom is -0.385 e. The van der Waals surface area contributed by atoms with Crippen molar-refractivity contribution in [1.82, 2.24) is 10.3 Å². The van der Waals surface area contributed by atoms with E-state index in [0.29, 0.717) is 29.5 Å². The molecular formula is C20H22N4O3S. The molecule has 3 amide bonds. The van der Waals surface area contributed by atoms with E-state index in [1.54, 1.807) is 19.2 Å². The zero-order chi connectivity index (χ0) is 19.9. The van der Waals surface area contributed by atoms with Crippen LogP contribution in [0.5, 0.6) is 0 Å². The average molecular weight is 398 g/mol. The Hall–Kier alpha value is -2.97. The molecule has 2 aromatic carbocycles. The van der Waals surface area contributed by atoms with Crippen LogP contribution in [0.1, 0.15) is 22.3 Å². The maximum Gasteiger partial charge on any atom is 0.319 e. The summed E-state index contributed by atoms with van der Waals surface area (Å²) >= 11 is 1.37. The van der Waals surface area contributed by atoms with Crippen LogP contribution in [0.15, 0.2) is 42.5 Å². The summed E-state index contributed by atoms with van der Waals surface area (Å²) in [5.41, 5.74) is 2.98. The molecule has 0 atom stereocenters. The van der Waals surface area contributed by atoms with Crippen LogP contribution < -0.4 is 16.0 Å². The van der Waals surface area contributed by atoms with Crippen LogP contribution in [0.4, 0.5) is 15.6 Å². The zero-order valence-corrected chi connectivity index (χ0v) is 16.6. The van der Waals surface area contributed by atoms with Gasteiger partial charge in [-0.15, -0.1) is 0 Å². The molecular weight excluding hydrogens is 376 g/mol. The lowest BCUT2D eigenvalue weighted by molar-refractivity contribution is 0.102. The lowest BCUT2D eigenvalue weighted by Crippen LogP contribution is -2.30. The Bertz CT molecular complexity index is 972. The average Bonchev–Trinajstić information content (AvgIpc) is 3.09. The molecule has 0 aliphatic heterocycles. The summed E-state index contributed by atoms with van der Waals surface area (Å²) in [5, 5.41) is 8.97. The van der Waals surface area contributed by atoms with Gasteiger partial charge in [-0.2, -0.15) is 0 Å². The summed E-state index contributed by atoms with van der Waals surface area (Å²) in [7, 11) is 1.63. The van der Waals surface area contributed by atoms with Gasteiger partial charge in [0.05, 0.1) is 10.2 Å². The standard InChI is InChI=1S/C20H22N4O3S/c1-13-11-15(22-19(26)21-9-6-10-27-2)12-16-17(13)23-20(28-16)24-18(25)14-7-4-3-5-8-14/h3-5,7-8,11-12H,6,9-10H2,1-2H3,(H2,21,22,26)(H,23,24,25). The number of aryl methyl sites for hydroxylation is 1. The van der Waals surface area contributed by atoms with Crippen LogP contribution in [0.25, 0.3) is 10.2 Å². The molecule has 1 aromatic heterocycles. The summed E-state index contributed by atoms with van der Waals surface area (Å²) in [5.74, 6) is -0.203. The summed E-state index contributed by atoms with van der Waals surface area (Å²) in [6.07, 6.45) is 0.751. The molecule has 0 aliphatic rings. The Balaban J connectivity index is 1.69. The normalized spacial score (nSPS) is 10.6. The second-order valence-electron chi connectivity index (χ2n) is 6.21. The van der Waals surface area contributed by atoms with Gasteiger partial charge in [0.25, 0.3) is 5.91 Å². The quantitative estimate of drug-likeness (QED) is 0.524. The summed E-state index contributed by atoms with van der Waals surface area (Å²) in [4.78, 5) is 28.8. The van der Waals surface area contributed by atoms with E-state index >= 15 is 0 Å². The topological polar surface area (TPSA) is 92.3 Å². The predicted molar refractivity (Wildman–Crippen MR) is 112 cm³/mol. The number of thiazole rings is 1. The number of carbonyl (C=O) groups is 2. The minimum atomic E-state index is -0.267. The van der Waals surface area contributed by atoms with Gasteiger partial charge in [-0.05, 0) is 43.2 Å². The first-order valence-electron chi connectivity index (χ1n) is 8.88. The predicted octanol–water partition coefficient (Wildman–Crippen LogP) is 4.02. The number of hydrogen-bond acceptors (Lipinski definition) is 5. The smallest absolute Gasteiger partial charge is 0.319 e. The van der Waals surface area contributed by atoms with Gasteiger partial charge in [-0.3, -0.25) is 10.1 Å². The van der Waals surface area contributed by atoms with Crippen molar-refractivity contribution in [3.63, 3.8) is 0 Å². The highest BCUT2D eigenvalue weighted by molar-refractivity contribution is 7.22. The summed E-state index contributed by atoms with van der Waals surface area (Å²) < 4.78 is 5.84. The maximum absolute atomic E-state index is 12.3. The van der Waals surface area contributed by atoms with Gasteiger partial charge in [0.15, 0.2) is 5.13 Å². The number of nitrogens with zero attached hydrogens (tertiary/aromatic N) is 1. The molecule has 0 radical (unpaired) electrons. The van der Waals surface area contributed by atoms with Gasteiger partial charge in [0, 0.05) is 31.5 Å². The van der Waals surface area contributed by atoms with E-state index < -0.39 is 0 Å². The monoisotopic (exact) mass is 398 g/mol. The van der Waals surface area contributed by atoms with Crippen molar-refractivity contribution in [1.29, 1.82) is 0 Å². The SMILES string of the molecule is COCCCNC(=O)Nc1cc(C)c2nc(NC(=O)c3ccccc3)sc2c1. The third kappa shape index (κ3) is 5.05. The van der Waals surface area contributed by atoms with Crippen LogP contribution in [0.2, 0.25) is 0 Å². The largest absolute Gasteiger partial charge is 0.385 e. The number of anilines is 2. The number of aromatic nitrogens is 1. The Morgan fingerprint density at radius 1 is 1.14 bits per heavy atom. The van der Waals surface area contributed by atoms with Crippen LogP contribution in [-0.4, -0.2) is 37.2 Å². The Labute approximate surface area is 167 Å². The van der Waals surface area contributed by atoms with Gasteiger partial charge in [0.1, 0.15) is 0 Å². The number of ether oxygens (including phenoxy) is 1. The van der Waals surface area contributed by atoms with E-state index in [-0.39, 0.29) is 11.9 Å². The molecule has 0 bridgehead atoms. The fraction of sp³-hybridized carbons (Fsp3) is 0.250. The molecule has 146 valence electrons. The fourth-order valence-electron chi connectivity index (χ4n) is 2.67. The van der Waals surface area contributed by atoms with Crippen molar-refractivity contribution >= 4 is 44.3 Å². The molecule has 0 saturated heterocycles. The molecule has 7 nitrogen and oxygen atoms in total. The van der Waals surface area contributed by atoms with Crippen molar-refractivity contribution < 1.29 is 14.3 Å². The molecule has 1 heterocycles. The van der Waals surface area contributed by atoms with Crippen molar-refractivity contribution in [2.75, 3.05) is 30.9 Å². The van der Waals surface area contributed by atoms with Crippen LogP contribution in [0, 0.1) is 6.92 Å². The molecule has 0 spiro atoms. The number of rotatable bonds is 7. The van der Waals surface area contributed by atoms with E-state index in [1.165, 1.54) is 11.3 Å². The Morgan fingerprint density at radius 3 is 2.68 bits per heavy atom. The molecule has 3 rings (SSSR count). The number of urea groups is 1. The number of amides is 3. The lowest BCUT2D eigenvalue weighted by atomic mass is 10.2. The highest BCUT2D eigenvalue weighted by Crippen LogP contribution is 2.31. The molecule has 28 heavy (non-hydrogen) atoms. The second kappa shape index (κ2) is 9.29. The highest BCUT2D eigenvalue weighted by atomic mass is 32.1. The van der Waals surface area contributed by atoms with Gasteiger partial charge in [-0.1, -0.05) is 29.5 Å². The number of hydrogen-bond donors (Lipinski definition) is 3. The summed E-state index contributed by atoms with van der Waals surface area (Å²) in [6, 6.07) is 12.4. The van der Waals surface area contributed by atoms with E-state index in [1.807, 2.05) is 37.3 Å². The van der Waals surface area contributed by atoms with Gasteiger partial charge in [-0.25, -0.2) is 9.78 Å². The van der Waals surface area contributed by atoms with Gasteiger partial charge >= 0.3 is 6.03 Å². The van der Waals surface area contributed by atoms with Crippen LogP contribution in [-0.2, 0) is 4.74 Å². The van der Waals surface area contributed by atoms with Crippen molar-refractivity contribution in [3.8, 4) is 0 Å². The van der Waals surface area contributed by atoms with Gasteiger partial charge in [0.2, 0.25) is 0 Å². The van der Waals surface area contributed by atoms with E-state index in [9.17, 15) is 9.59 Å². The molecule has 0 fully saturated rings. The molecule has 0 saturated carbocycles. The van der Waals surface area contributed by atoms with E-state index in [2.05, 4.69) is 20.9 Å². The first kappa shape index (κ1) is 19.8. The van der Waals surface area contributed by atoms with Gasteiger partial charge < -0.3 is 15.4 Å². The molecule has 3 N–H and O–H groups in total. The van der Waals surface area contributed by atoms with Crippen molar-refractivity contribution in [3.05, 3.63) is 53.6 Å². The fourth-order valence-corrected chi connectivity index (χ4v) is 3.65.